The van der Waals surface area contributed by atoms with E-state index >= 15 is 0 Å². The van der Waals surface area contributed by atoms with Crippen LogP contribution in [0.25, 0.3) is 22.3 Å². The van der Waals surface area contributed by atoms with Gasteiger partial charge in [0.15, 0.2) is 0 Å². The van der Waals surface area contributed by atoms with Gasteiger partial charge in [0.1, 0.15) is 0 Å². The van der Waals surface area contributed by atoms with Gasteiger partial charge in [-0.25, -0.2) is 0 Å². The number of hydrogen-bond acceptors (Lipinski definition) is 1. The first kappa shape index (κ1) is 20.8. The van der Waals surface area contributed by atoms with Gasteiger partial charge < -0.3 is 4.90 Å². The molecule has 0 saturated heterocycles. The summed E-state index contributed by atoms with van der Waals surface area (Å²) in [5.41, 5.74) is 10.8. The lowest BCUT2D eigenvalue weighted by Crippen LogP contribution is -2.11. The van der Waals surface area contributed by atoms with Crippen molar-refractivity contribution in [3.63, 3.8) is 0 Å². The van der Waals surface area contributed by atoms with Gasteiger partial charge >= 0.3 is 0 Å². The number of anilines is 3. The Bertz CT molecular complexity index is 1300. The summed E-state index contributed by atoms with van der Waals surface area (Å²) < 4.78 is 0. The summed E-state index contributed by atoms with van der Waals surface area (Å²) in [6.45, 7) is 4.26. The lowest BCUT2D eigenvalue weighted by atomic mass is 9.95. The zero-order valence-electron chi connectivity index (χ0n) is 19.1. The van der Waals surface area contributed by atoms with Crippen LogP contribution in [0, 0.1) is 13.8 Å². The minimum absolute atomic E-state index is 1.14. The summed E-state index contributed by atoms with van der Waals surface area (Å²) in [5, 5.41) is 0. The van der Waals surface area contributed by atoms with Crippen LogP contribution in [0.5, 0.6) is 0 Å². The minimum Gasteiger partial charge on any atom is -0.310 e. The summed E-state index contributed by atoms with van der Waals surface area (Å²) in [7, 11) is 0. The SMILES string of the molecule is Cc1ccc(-c2ccc(N(c3ccccc3)c3ccccc3)c(-c3ccc(C)cc3)c2)cc1. The van der Waals surface area contributed by atoms with Crippen LogP contribution in [0.2, 0.25) is 0 Å². The van der Waals surface area contributed by atoms with Crippen LogP contribution in [0.4, 0.5) is 17.1 Å². The van der Waals surface area contributed by atoms with E-state index in [0.29, 0.717) is 0 Å². The van der Waals surface area contributed by atoms with Crippen LogP contribution in [0.3, 0.4) is 0 Å². The van der Waals surface area contributed by atoms with Crippen molar-refractivity contribution < 1.29 is 0 Å². The summed E-state index contributed by atoms with van der Waals surface area (Å²) in [5.74, 6) is 0. The molecular weight excluding hydrogens is 398 g/mol. The van der Waals surface area contributed by atoms with Crippen LogP contribution in [-0.2, 0) is 0 Å². The van der Waals surface area contributed by atoms with E-state index in [1.807, 2.05) is 0 Å². The van der Waals surface area contributed by atoms with Crippen molar-refractivity contribution in [2.75, 3.05) is 4.90 Å². The summed E-state index contributed by atoms with van der Waals surface area (Å²) >= 11 is 0. The molecule has 0 fully saturated rings. The Labute approximate surface area is 196 Å². The molecule has 1 heteroatoms. The van der Waals surface area contributed by atoms with Gasteiger partial charge in [-0.15, -0.1) is 0 Å². The second kappa shape index (κ2) is 9.18. The van der Waals surface area contributed by atoms with Crippen molar-refractivity contribution in [2.24, 2.45) is 0 Å². The summed E-state index contributed by atoms with van der Waals surface area (Å²) in [4.78, 5) is 2.34. The van der Waals surface area contributed by atoms with E-state index < -0.39 is 0 Å². The molecule has 1 nitrogen and oxygen atoms in total. The Kier molecular flexibility index (Phi) is 5.78. The highest BCUT2D eigenvalue weighted by atomic mass is 15.1. The number of para-hydroxylation sites is 2. The third kappa shape index (κ3) is 4.44. The van der Waals surface area contributed by atoms with Crippen molar-refractivity contribution in [3.8, 4) is 22.3 Å². The third-order valence-electron chi connectivity index (χ3n) is 6.01. The molecule has 0 radical (unpaired) electrons. The molecule has 160 valence electrons. The highest BCUT2D eigenvalue weighted by Crippen LogP contribution is 2.42. The van der Waals surface area contributed by atoms with Crippen molar-refractivity contribution in [1.29, 1.82) is 0 Å². The number of benzene rings is 5. The lowest BCUT2D eigenvalue weighted by molar-refractivity contribution is 1.28. The van der Waals surface area contributed by atoms with Crippen molar-refractivity contribution in [3.05, 3.63) is 139 Å². The average molecular weight is 426 g/mol. The Morgan fingerprint density at radius 2 is 0.879 bits per heavy atom. The Morgan fingerprint density at radius 3 is 1.39 bits per heavy atom. The molecule has 0 saturated carbocycles. The van der Waals surface area contributed by atoms with Gasteiger partial charge in [-0.05, 0) is 66.9 Å². The minimum atomic E-state index is 1.14. The average Bonchev–Trinajstić information content (AvgIpc) is 2.87. The van der Waals surface area contributed by atoms with Gasteiger partial charge in [0.25, 0.3) is 0 Å². The maximum atomic E-state index is 2.34. The maximum Gasteiger partial charge on any atom is 0.0540 e. The molecule has 33 heavy (non-hydrogen) atoms. The number of hydrogen-bond donors (Lipinski definition) is 0. The smallest absolute Gasteiger partial charge is 0.0540 e. The van der Waals surface area contributed by atoms with Crippen LogP contribution in [0.15, 0.2) is 127 Å². The Hall–Kier alpha value is -4.10. The Morgan fingerprint density at radius 1 is 0.424 bits per heavy atom. The molecular formula is C32H27N. The Balaban J connectivity index is 1.74. The molecule has 0 heterocycles. The van der Waals surface area contributed by atoms with Crippen molar-refractivity contribution in [1.82, 2.24) is 0 Å². The van der Waals surface area contributed by atoms with Gasteiger partial charge in [0.2, 0.25) is 0 Å². The number of rotatable bonds is 5. The van der Waals surface area contributed by atoms with E-state index in [9.17, 15) is 0 Å². The molecule has 0 aliphatic carbocycles. The molecule has 5 rings (SSSR count). The second-order valence-corrected chi connectivity index (χ2v) is 8.47. The van der Waals surface area contributed by atoms with Gasteiger partial charge in [0, 0.05) is 16.9 Å². The second-order valence-electron chi connectivity index (χ2n) is 8.47. The lowest BCUT2D eigenvalue weighted by Gasteiger charge is -2.28. The fraction of sp³-hybridized carbons (Fsp3) is 0.0625. The molecule has 0 aliphatic rings. The quantitative estimate of drug-likeness (QED) is 0.271. The standard InChI is InChI=1S/C32H27N/c1-24-13-17-26(18-14-24)28-21-22-32(31(23-28)27-19-15-25(2)16-20-27)33(29-9-5-3-6-10-29)30-11-7-4-8-12-30/h3-23H,1-2H3. The summed E-state index contributed by atoms with van der Waals surface area (Å²) in [6, 6.07) is 45.6. The molecule has 0 bridgehead atoms. The van der Waals surface area contributed by atoms with Crippen LogP contribution in [0.1, 0.15) is 11.1 Å². The van der Waals surface area contributed by atoms with Gasteiger partial charge in [0.05, 0.1) is 5.69 Å². The van der Waals surface area contributed by atoms with E-state index in [1.54, 1.807) is 0 Å². The largest absolute Gasteiger partial charge is 0.310 e. The first-order valence-corrected chi connectivity index (χ1v) is 11.4. The van der Waals surface area contributed by atoms with E-state index in [1.165, 1.54) is 33.4 Å². The highest BCUT2D eigenvalue weighted by molar-refractivity contribution is 5.90. The maximum absolute atomic E-state index is 2.34. The molecule has 0 atom stereocenters. The molecule has 5 aromatic rings. The molecule has 0 aliphatic heterocycles. The van der Waals surface area contributed by atoms with Crippen molar-refractivity contribution in [2.45, 2.75) is 13.8 Å². The molecule has 0 amide bonds. The first-order valence-electron chi connectivity index (χ1n) is 11.4. The fourth-order valence-electron chi connectivity index (χ4n) is 4.20. The molecule has 0 spiro atoms. The van der Waals surface area contributed by atoms with E-state index in [-0.39, 0.29) is 0 Å². The highest BCUT2D eigenvalue weighted by Gasteiger charge is 2.17. The zero-order chi connectivity index (χ0) is 22.6. The number of nitrogens with zero attached hydrogens (tertiary/aromatic N) is 1. The van der Waals surface area contributed by atoms with E-state index in [2.05, 4.69) is 146 Å². The molecule has 0 aromatic heterocycles. The van der Waals surface area contributed by atoms with Gasteiger partial charge in [-0.1, -0.05) is 102 Å². The van der Waals surface area contributed by atoms with Crippen LogP contribution < -0.4 is 4.90 Å². The molecule has 0 N–H and O–H groups in total. The molecule has 0 unspecified atom stereocenters. The van der Waals surface area contributed by atoms with E-state index in [0.717, 1.165) is 17.1 Å². The van der Waals surface area contributed by atoms with Crippen LogP contribution in [-0.4, -0.2) is 0 Å². The topological polar surface area (TPSA) is 3.24 Å². The number of aryl methyl sites for hydroxylation is 2. The van der Waals surface area contributed by atoms with Crippen molar-refractivity contribution >= 4 is 17.1 Å². The predicted molar refractivity (Wildman–Crippen MR) is 141 cm³/mol. The van der Waals surface area contributed by atoms with E-state index in [4.69, 9.17) is 0 Å². The van der Waals surface area contributed by atoms with Gasteiger partial charge in [-0.3, -0.25) is 0 Å². The third-order valence-corrected chi connectivity index (χ3v) is 6.01. The normalized spacial score (nSPS) is 10.7. The molecule has 5 aromatic carbocycles. The zero-order valence-corrected chi connectivity index (χ0v) is 19.1. The monoisotopic (exact) mass is 425 g/mol. The fourth-order valence-corrected chi connectivity index (χ4v) is 4.20. The first-order chi connectivity index (χ1) is 16.2. The predicted octanol–water partition coefficient (Wildman–Crippen LogP) is 9.11. The summed E-state index contributed by atoms with van der Waals surface area (Å²) in [6.07, 6.45) is 0. The van der Waals surface area contributed by atoms with Crippen LogP contribution >= 0.6 is 0 Å². The van der Waals surface area contributed by atoms with Gasteiger partial charge in [-0.2, -0.15) is 0 Å².